The van der Waals surface area contributed by atoms with Crippen molar-refractivity contribution < 1.29 is 14.3 Å². The normalized spacial score (nSPS) is 11.6. The first kappa shape index (κ1) is 13.2. The van der Waals surface area contributed by atoms with E-state index >= 15 is 0 Å². The molecule has 0 aliphatic rings. The van der Waals surface area contributed by atoms with Gasteiger partial charge in [0.25, 0.3) is 0 Å². The van der Waals surface area contributed by atoms with Gasteiger partial charge in [0.05, 0.1) is 5.56 Å². The minimum atomic E-state index is -0.596. The highest BCUT2D eigenvalue weighted by Gasteiger charge is 2.14. The van der Waals surface area contributed by atoms with Crippen LogP contribution in [0, 0.1) is 5.92 Å². The third-order valence-electron chi connectivity index (χ3n) is 2.30. The highest BCUT2D eigenvalue weighted by atomic mass is 16.6. The van der Waals surface area contributed by atoms with Gasteiger partial charge in [-0.05, 0) is 24.5 Å². The van der Waals surface area contributed by atoms with Gasteiger partial charge in [-0.3, -0.25) is 4.79 Å². The number of ether oxygens (including phenoxy) is 1. The number of allylic oxidation sites excluding steroid dienone is 1. The number of benzene rings is 1. The maximum absolute atomic E-state index is 11.5. The zero-order valence-corrected chi connectivity index (χ0v) is 9.89. The van der Waals surface area contributed by atoms with Crippen LogP contribution in [-0.4, -0.2) is 11.9 Å². The monoisotopic (exact) mass is 232 g/mol. The summed E-state index contributed by atoms with van der Waals surface area (Å²) in [5, 5.41) is 0. The van der Waals surface area contributed by atoms with Crippen LogP contribution in [0.2, 0.25) is 0 Å². The molecule has 0 aromatic heterocycles. The van der Waals surface area contributed by atoms with Crippen LogP contribution in [0.3, 0.4) is 0 Å². The minimum Gasteiger partial charge on any atom is -0.389 e. The van der Waals surface area contributed by atoms with E-state index in [1.807, 2.05) is 6.92 Å². The molecule has 0 aliphatic heterocycles. The van der Waals surface area contributed by atoms with Gasteiger partial charge in [0, 0.05) is 6.42 Å². The summed E-state index contributed by atoms with van der Waals surface area (Å²) in [5.41, 5.74) is 0.386. The Bertz CT molecular complexity index is 395. The third-order valence-corrected chi connectivity index (χ3v) is 2.30. The molecule has 1 atom stereocenters. The minimum absolute atomic E-state index is 0.142. The van der Waals surface area contributed by atoms with Crippen LogP contribution in [-0.2, 0) is 9.53 Å². The van der Waals surface area contributed by atoms with Gasteiger partial charge in [0.2, 0.25) is 0 Å². The average molecular weight is 232 g/mol. The van der Waals surface area contributed by atoms with E-state index in [1.54, 1.807) is 36.4 Å². The van der Waals surface area contributed by atoms with Crippen LogP contribution in [0.1, 0.15) is 30.1 Å². The number of hydrogen-bond donors (Lipinski definition) is 0. The van der Waals surface area contributed by atoms with Crippen molar-refractivity contribution in [1.29, 1.82) is 0 Å². The maximum atomic E-state index is 11.5. The zero-order valence-electron chi connectivity index (χ0n) is 9.89. The molecule has 3 nitrogen and oxygen atoms in total. The summed E-state index contributed by atoms with van der Waals surface area (Å²) < 4.78 is 4.74. The zero-order chi connectivity index (χ0) is 12.7. The first-order chi connectivity index (χ1) is 8.13. The predicted octanol–water partition coefficient (Wildman–Crippen LogP) is 2.97. The van der Waals surface area contributed by atoms with Crippen LogP contribution < -0.4 is 0 Å². The van der Waals surface area contributed by atoms with Crippen molar-refractivity contribution >= 4 is 11.9 Å². The lowest BCUT2D eigenvalue weighted by Crippen LogP contribution is -2.14. The van der Waals surface area contributed by atoms with Crippen molar-refractivity contribution in [3.63, 3.8) is 0 Å². The molecule has 0 bridgehead atoms. The Labute approximate surface area is 101 Å². The SMILES string of the molecule is C=CCC(C)CC(=O)OC(=O)c1ccccc1. The second-order valence-electron chi connectivity index (χ2n) is 3.96. The number of esters is 2. The smallest absolute Gasteiger partial charge is 0.345 e. The van der Waals surface area contributed by atoms with Crippen molar-refractivity contribution in [2.24, 2.45) is 5.92 Å². The molecule has 17 heavy (non-hydrogen) atoms. The fourth-order valence-electron chi connectivity index (χ4n) is 1.43. The first-order valence-electron chi connectivity index (χ1n) is 5.54. The molecule has 3 heteroatoms. The Hall–Kier alpha value is -1.90. The molecule has 0 saturated heterocycles. The number of carbonyl (C=O) groups is 2. The third kappa shape index (κ3) is 4.64. The Kier molecular flexibility index (Phi) is 5.14. The van der Waals surface area contributed by atoms with Crippen LogP contribution in [0.25, 0.3) is 0 Å². The van der Waals surface area contributed by atoms with Crippen molar-refractivity contribution in [3.05, 3.63) is 48.6 Å². The van der Waals surface area contributed by atoms with Crippen molar-refractivity contribution in [3.8, 4) is 0 Å². The fraction of sp³-hybridized carbons (Fsp3) is 0.286. The molecule has 90 valence electrons. The summed E-state index contributed by atoms with van der Waals surface area (Å²) in [7, 11) is 0. The van der Waals surface area contributed by atoms with Gasteiger partial charge in [-0.15, -0.1) is 6.58 Å². The molecule has 1 aromatic rings. The Morgan fingerprint density at radius 2 is 2.00 bits per heavy atom. The molecule has 0 N–H and O–H groups in total. The van der Waals surface area contributed by atoms with E-state index in [9.17, 15) is 9.59 Å². The first-order valence-corrected chi connectivity index (χ1v) is 5.54. The van der Waals surface area contributed by atoms with Gasteiger partial charge in [0.1, 0.15) is 0 Å². The lowest BCUT2D eigenvalue weighted by Gasteiger charge is -2.07. The van der Waals surface area contributed by atoms with Crippen LogP contribution in [0.5, 0.6) is 0 Å². The van der Waals surface area contributed by atoms with E-state index in [0.29, 0.717) is 5.56 Å². The average Bonchev–Trinajstić information content (AvgIpc) is 2.30. The molecular formula is C14H16O3. The Morgan fingerprint density at radius 3 is 2.59 bits per heavy atom. The van der Waals surface area contributed by atoms with Gasteiger partial charge in [-0.1, -0.05) is 31.2 Å². The highest BCUT2D eigenvalue weighted by Crippen LogP contribution is 2.10. The Balaban J connectivity index is 2.47. The second kappa shape index (κ2) is 6.63. The van der Waals surface area contributed by atoms with Crippen molar-refractivity contribution in [2.45, 2.75) is 19.8 Å². The lowest BCUT2D eigenvalue weighted by atomic mass is 10.0. The molecule has 1 unspecified atom stereocenters. The van der Waals surface area contributed by atoms with Gasteiger partial charge in [-0.25, -0.2) is 4.79 Å². The molecule has 0 radical (unpaired) electrons. The van der Waals surface area contributed by atoms with Crippen molar-refractivity contribution in [1.82, 2.24) is 0 Å². The Morgan fingerprint density at radius 1 is 1.35 bits per heavy atom. The molecule has 1 aromatic carbocycles. The summed E-state index contributed by atoms with van der Waals surface area (Å²) in [6.07, 6.45) is 2.70. The van der Waals surface area contributed by atoms with E-state index in [0.717, 1.165) is 6.42 Å². The number of carbonyl (C=O) groups excluding carboxylic acids is 2. The van der Waals surface area contributed by atoms with Gasteiger partial charge in [-0.2, -0.15) is 0 Å². The second-order valence-corrected chi connectivity index (χ2v) is 3.96. The lowest BCUT2D eigenvalue weighted by molar-refractivity contribution is -0.138. The highest BCUT2D eigenvalue weighted by molar-refractivity contribution is 5.96. The molecule has 0 amide bonds. The van der Waals surface area contributed by atoms with Crippen LogP contribution >= 0.6 is 0 Å². The topological polar surface area (TPSA) is 43.4 Å². The van der Waals surface area contributed by atoms with Gasteiger partial charge < -0.3 is 4.74 Å². The molecule has 0 saturated carbocycles. The van der Waals surface area contributed by atoms with Gasteiger partial charge in [0.15, 0.2) is 0 Å². The summed E-state index contributed by atoms with van der Waals surface area (Å²) in [4.78, 5) is 23.0. The van der Waals surface area contributed by atoms with E-state index in [4.69, 9.17) is 4.74 Å². The van der Waals surface area contributed by atoms with E-state index < -0.39 is 11.9 Å². The summed E-state index contributed by atoms with van der Waals surface area (Å²) in [5.74, 6) is -0.946. The van der Waals surface area contributed by atoms with Crippen molar-refractivity contribution in [2.75, 3.05) is 0 Å². The molecule has 1 rings (SSSR count). The predicted molar refractivity (Wildman–Crippen MR) is 65.5 cm³/mol. The maximum Gasteiger partial charge on any atom is 0.345 e. The number of hydrogen-bond acceptors (Lipinski definition) is 3. The molecular weight excluding hydrogens is 216 g/mol. The number of rotatable bonds is 5. The van der Waals surface area contributed by atoms with E-state index in [-0.39, 0.29) is 12.3 Å². The standard InChI is InChI=1S/C14H16O3/c1-3-7-11(2)10-13(15)17-14(16)12-8-5-4-6-9-12/h3-6,8-9,11H,1,7,10H2,2H3. The summed E-state index contributed by atoms with van der Waals surface area (Å²) in [6.45, 7) is 5.51. The summed E-state index contributed by atoms with van der Waals surface area (Å²) >= 11 is 0. The quantitative estimate of drug-likeness (QED) is 0.445. The van der Waals surface area contributed by atoms with Crippen LogP contribution in [0.4, 0.5) is 0 Å². The van der Waals surface area contributed by atoms with E-state index in [2.05, 4.69) is 6.58 Å². The molecule has 0 heterocycles. The fourth-order valence-corrected chi connectivity index (χ4v) is 1.43. The van der Waals surface area contributed by atoms with Crippen LogP contribution in [0.15, 0.2) is 43.0 Å². The van der Waals surface area contributed by atoms with Gasteiger partial charge >= 0.3 is 11.9 Å². The molecule has 0 spiro atoms. The summed E-state index contributed by atoms with van der Waals surface area (Å²) in [6, 6.07) is 8.47. The van der Waals surface area contributed by atoms with E-state index in [1.165, 1.54) is 0 Å². The largest absolute Gasteiger partial charge is 0.389 e. The molecule has 0 fully saturated rings. The molecule has 0 aliphatic carbocycles.